The molecule has 0 atom stereocenters. The Morgan fingerprint density at radius 2 is 1.07 bits per heavy atom. The molecule has 0 bridgehead atoms. The topological polar surface area (TPSA) is 20.6 Å². The predicted molar refractivity (Wildman–Crippen MR) is 251 cm³/mol. The van der Waals surface area contributed by atoms with Crippen LogP contribution >= 0.6 is 0 Å². The quantitative estimate of drug-likeness (QED) is 0.163. The zero-order chi connectivity index (χ0) is 40.7. The van der Waals surface area contributed by atoms with Crippen LogP contribution in [0.4, 0.5) is 28.4 Å². The van der Waals surface area contributed by atoms with Gasteiger partial charge >= 0.3 is 6.85 Å². The average molecular weight is 768 g/mol. The van der Waals surface area contributed by atoms with Gasteiger partial charge in [0.05, 0.1) is 33.8 Å². The molecule has 0 saturated carbocycles. The Labute approximate surface area is 348 Å². The Kier molecular flexibility index (Phi) is 7.41. The second-order valence-electron chi connectivity index (χ2n) is 19.9. The number of hydrogen-bond donors (Lipinski definition) is 0. The average Bonchev–Trinajstić information content (AvgIpc) is 3.53. The van der Waals surface area contributed by atoms with E-state index >= 15 is 0 Å². The van der Waals surface area contributed by atoms with Crippen LogP contribution in [0.3, 0.4) is 0 Å². The maximum absolute atomic E-state index is 7.28. The van der Waals surface area contributed by atoms with E-state index in [1.165, 1.54) is 83.3 Å². The molecule has 3 aliphatic heterocycles. The van der Waals surface area contributed by atoms with Crippen molar-refractivity contribution in [3.63, 3.8) is 0 Å². The number of aromatic nitrogens is 1. The first-order valence-corrected chi connectivity index (χ1v) is 21.1. The highest BCUT2D eigenvalue weighted by atomic mass is 16.5. The second kappa shape index (κ2) is 12.2. The van der Waals surface area contributed by atoms with Crippen molar-refractivity contribution in [2.75, 3.05) is 9.71 Å². The predicted octanol–water partition coefficient (Wildman–Crippen LogP) is 13.5. The molecule has 0 unspecified atom stereocenters. The lowest BCUT2D eigenvalue weighted by atomic mass is 9.44. The molecule has 11 rings (SSSR count). The maximum atomic E-state index is 7.28. The molecule has 0 N–H and O–H groups in total. The summed E-state index contributed by atoms with van der Waals surface area (Å²) in [7, 11) is 0. The van der Waals surface area contributed by atoms with Crippen LogP contribution in [-0.2, 0) is 16.2 Å². The fourth-order valence-electron chi connectivity index (χ4n) is 9.79. The van der Waals surface area contributed by atoms with Gasteiger partial charge in [-0.2, -0.15) is 0 Å². The largest absolute Gasteiger partial charge is 0.458 e. The van der Waals surface area contributed by atoms with Gasteiger partial charge in [-0.05, 0) is 117 Å². The van der Waals surface area contributed by atoms with Gasteiger partial charge in [-0.15, -0.1) is 0 Å². The minimum atomic E-state index is -0.145. The zero-order valence-electron chi connectivity index (χ0n) is 35.6. The lowest BCUT2D eigenvalue weighted by Crippen LogP contribution is -2.60. The Morgan fingerprint density at radius 3 is 1.76 bits per heavy atom. The summed E-state index contributed by atoms with van der Waals surface area (Å²) in [6, 6.07) is 52.2. The van der Waals surface area contributed by atoms with Crippen LogP contribution in [0.1, 0.15) is 79.0 Å². The van der Waals surface area contributed by atoms with Gasteiger partial charge in [0.1, 0.15) is 11.5 Å². The highest BCUT2D eigenvalue weighted by Crippen LogP contribution is 2.59. The summed E-state index contributed by atoms with van der Waals surface area (Å²) in [5.74, 6) is 1.86. The molecule has 0 aliphatic carbocycles. The van der Waals surface area contributed by atoms with E-state index in [2.05, 4.69) is 216 Å². The van der Waals surface area contributed by atoms with Crippen molar-refractivity contribution in [1.82, 2.24) is 4.57 Å². The first-order chi connectivity index (χ1) is 28.2. The van der Waals surface area contributed by atoms with Crippen molar-refractivity contribution in [2.45, 2.75) is 78.6 Å². The van der Waals surface area contributed by atoms with Gasteiger partial charge < -0.3 is 19.0 Å². The number of nitrogens with zero attached hydrogens (tertiary/aromatic N) is 3. The molecule has 7 aromatic carbocycles. The molecule has 1 aromatic heterocycles. The maximum Gasteiger partial charge on any atom is 0.336 e. The van der Waals surface area contributed by atoms with Crippen molar-refractivity contribution in [3.8, 4) is 28.3 Å². The summed E-state index contributed by atoms with van der Waals surface area (Å²) in [6.07, 6.45) is 0. The molecule has 8 aromatic rings. The van der Waals surface area contributed by atoms with E-state index in [0.29, 0.717) is 0 Å². The lowest BCUT2D eigenvalue weighted by Gasteiger charge is -2.49. The molecule has 59 heavy (non-hydrogen) atoms. The zero-order valence-corrected chi connectivity index (χ0v) is 35.6. The number of fused-ring (bicyclic) bond motifs is 9. The summed E-state index contributed by atoms with van der Waals surface area (Å²) < 4.78 is 9.71. The molecule has 0 saturated heterocycles. The highest BCUT2D eigenvalue weighted by Gasteiger charge is 2.49. The van der Waals surface area contributed by atoms with Crippen LogP contribution in [0.5, 0.6) is 11.5 Å². The van der Waals surface area contributed by atoms with Crippen LogP contribution in [-0.4, -0.2) is 11.4 Å². The van der Waals surface area contributed by atoms with Crippen LogP contribution in [0.15, 0.2) is 140 Å². The summed E-state index contributed by atoms with van der Waals surface area (Å²) >= 11 is 0. The minimum absolute atomic E-state index is 0.0388. The van der Waals surface area contributed by atoms with Crippen LogP contribution in [0, 0.1) is 0 Å². The first kappa shape index (κ1) is 35.9. The van der Waals surface area contributed by atoms with E-state index in [1.54, 1.807) is 0 Å². The van der Waals surface area contributed by atoms with Gasteiger partial charge in [0.2, 0.25) is 0 Å². The molecule has 4 nitrogen and oxygen atoms in total. The van der Waals surface area contributed by atoms with Gasteiger partial charge in [-0.25, -0.2) is 0 Å². The lowest BCUT2D eigenvalue weighted by molar-refractivity contribution is 0.483. The number of anilines is 5. The number of benzene rings is 7. The van der Waals surface area contributed by atoms with Crippen molar-refractivity contribution in [1.29, 1.82) is 0 Å². The number of rotatable bonds is 2. The second-order valence-corrected chi connectivity index (χ2v) is 19.9. The number of hydrogen-bond acceptors (Lipinski definition) is 3. The third-order valence-corrected chi connectivity index (χ3v) is 13.0. The summed E-state index contributed by atoms with van der Waals surface area (Å²) in [5, 5.41) is 2.41. The Bertz CT molecular complexity index is 3030. The molecule has 3 aliphatic rings. The molecular formula is C54H50BN3O. The molecule has 290 valence electrons. The van der Waals surface area contributed by atoms with Crippen molar-refractivity contribution >= 4 is 68.0 Å². The summed E-state index contributed by atoms with van der Waals surface area (Å²) in [5.41, 5.74) is 18.1. The molecule has 0 radical (unpaired) electrons. The van der Waals surface area contributed by atoms with Crippen LogP contribution in [0.25, 0.3) is 38.6 Å². The molecule has 5 heteroatoms. The molecule has 4 heterocycles. The van der Waals surface area contributed by atoms with E-state index in [1.807, 2.05) is 0 Å². The molecule has 0 spiro atoms. The third kappa shape index (κ3) is 5.29. The van der Waals surface area contributed by atoms with E-state index < -0.39 is 0 Å². The van der Waals surface area contributed by atoms with Gasteiger partial charge in [-0.3, -0.25) is 0 Å². The van der Waals surface area contributed by atoms with Gasteiger partial charge in [-0.1, -0.05) is 129 Å². The summed E-state index contributed by atoms with van der Waals surface area (Å²) in [4.78, 5) is 5.20. The van der Waals surface area contributed by atoms with Crippen LogP contribution in [0.2, 0.25) is 0 Å². The SMILES string of the molecule is CC(C)(C)c1cc2c3c(c1)-c1cc(C(C)(C)C)cc4c1N(B3c1cc3c(cc1O2)c1ccccc1n3-c1ccccc1)c1ccc(C(C)(C)C)cc1N4c1ccccc1. The molecule has 0 amide bonds. The highest BCUT2D eigenvalue weighted by molar-refractivity contribution is 6.93. The minimum Gasteiger partial charge on any atom is -0.458 e. The Morgan fingerprint density at radius 1 is 0.458 bits per heavy atom. The fourth-order valence-corrected chi connectivity index (χ4v) is 9.79. The third-order valence-electron chi connectivity index (χ3n) is 13.0. The van der Waals surface area contributed by atoms with Crippen molar-refractivity contribution in [2.24, 2.45) is 0 Å². The van der Waals surface area contributed by atoms with E-state index in [-0.39, 0.29) is 23.1 Å². The normalized spacial score (nSPS) is 14.2. The summed E-state index contributed by atoms with van der Waals surface area (Å²) in [6.45, 7) is 20.8. The smallest absolute Gasteiger partial charge is 0.336 e. The monoisotopic (exact) mass is 767 g/mol. The Hall–Kier alpha value is -6.20. The first-order valence-electron chi connectivity index (χ1n) is 21.1. The molecule has 0 fully saturated rings. The van der Waals surface area contributed by atoms with Crippen molar-refractivity contribution < 1.29 is 4.74 Å². The van der Waals surface area contributed by atoms with E-state index in [9.17, 15) is 0 Å². The Balaban J connectivity index is 1.29. The fraction of sp³-hybridized carbons (Fsp3) is 0.222. The molecular weight excluding hydrogens is 717 g/mol. The number of para-hydroxylation sites is 3. The van der Waals surface area contributed by atoms with Gasteiger partial charge in [0.25, 0.3) is 0 Å². The van der Waals surface area contributed by atoms with E-state index in [0.717, 1.165) is 22.9 Å². The number of ether oxygens (including phenoxy) is 1. The standard InChI is InChI=1S/C54H50BN3O/c1-52(2,3)33-24-25-44-46(28-33)57(37-20-14-11-15-21-37)47-29-34(53(4,5)6)27-41-40-26-35(54(7,8)9)30-49-50(40)55(58(44)51(41)47)42-32-45-39(31-48(42)59-49)38-22-16-17-23-43(38)56(45)36-18-12-10-13-19-36/h10-32H,1-9H3. The van der Waals surface area contributed by atoms with E-state index in [4.69, 9.17) is 4.74 Å². The van der Waals surface area contributed by atoms with Gasteiger partial charge in [0, 0.05) is 33.2 Å². The van der Waals surface area contributed by atoms with Crippen molar-refractivity contribution in [3.05, 3.63) is 156 Å². The van der Waals surface area contributed by atoms with Crippen LogP contribution < -0.4 is 25.4 Å². The van der Waals surface area contributed by atoms with Gasteiger partial charge in [0.15, 0.2) is 0 Å².